The molecule has 0 aromatic heterocycles. The second kappa shape index (κ2) is 5.73. The summed E-state index contributed by atoms with van der Waals surface area (Å²) in [5, 5.41) is 11.1. The molecule has 5 aliphatic rings. The van der Waals surface area contributed by atoms with Gasteiger partial charge in [0.05, 0.1) is 4.08 Å². The number of aliphatic hydroxyl groups is 1. The van der Waals surface area contributed by atoms with Gasteiger partial charge in [0.15, 0.2) is 0 Å². The minimum atomic E-state index is -0.855. The zero-order chi connectivity index (χ0) is 17.3. The third kappa shape index (κ3) is 2.29. The van der Waals surface area contributed by atoms with Crippen LogP contribution < -0.4 is 0 Å². The summed E-state index contributed by atoms with van der Waals surface area (Å²) in [4.78, 5) is 0. The van der Waals surface area contributed by atoms with Crippen molar-refractivity contribution in [1.82, 2.24) is 0 Å². The Bertz CT molecular complexity index is 643. The summed E-state index contributed by atoms with van der Waals surface area (Å²) in [6.45, 7) is 2.30. The molecule has 1 nitrogen and oxygen atoms in total. The summed E-state index contributed by atoms with van der Waals surface area (Å²) < 4.78 is 0.429. The fourth-order valence-corrected chi connectivity index (χ4v) is 10.5. The maximum atomic E-state index is 11.1. The molecule has 1 spiro atoms. The maximum absolute atomic E-state index is 11.1. The topological polar surface area (TPSA) is 20.2 Å². The van der Waals surface area contributed by atoms with E-state index in [-0.39, 0.29) is 5.41 Å². The van der Waals surface area contributed by atoms with Gasteiger partial charge < -0.3 is 5.11 Å². The van der Waals surface area contributed by atoms with Crippen LogP contribution in [0, 0.1) is 41.4 Å². The molecule has 3 heteroatoms. The summed E-state index contributed by atoms with van der Waals surface area (Å²) in [5.74, 6) is 8.58. The van der Waals surface area contributed by atoms with E-state index < -0.39 is 5.60 Å². The average Bonchev–Trinajstić information content (AvgIpc) is 3.18. The average molecular weight is 375 g/mol. The standard InChI is InChI=1S/C22H30OS2/c1-3-21(23)10-8-19-18-5-4-15-14-22(24-12-13-25-22)11-7-16(15)17(18)6-9-20(19,21)2/h1,14,16-19,23H,4-13H2,2H3/t16-,17+,18+,19-,20-,21-/m0/s1. The van der Waals surface area contributed by atoms with Crippen molar-refractivity contribution in [3.05, 3.63) is 11.6 Å². The summed E-state index contributed by atoms with van der Waals surface area (Å²) >= 11 is 4.40. The minimum absolute atomic E-state index is 0.0445. The molecule has 0 amide bonds. The van der Waals surface area contributed by atoms with Gasteiger partial charge in [-0.25, -0.2) is 0 Å². The van der Waals surface area contributed by atoms with Crippen LogP contribution in [0.4, 0.5) is 0 Å². The van der Waals surface area contributed by atoms with Gasteiger partial charge in [0, 0.05) is 16.9 Å². The largest absolute Gasteiger partial charge is 0.377 e. The van der Waals surface area contributed by atoms with Gasteiger partial charge in [-0.3, -0.25) is 0 Å². The summed E-state index contributed by atoms with van der Waals surface area (Å²) in [7, 11) is 0. The molecule has 0 unspecified atom stereocenters. The summed E-state index contributed by atoms with van der Waals surface area (Å²) in [5.41, 5.74) is 0.896. The normalized spacial score (nSPS) is 50.5. The van der Waals surface area contributed by atoms with E-state index in [4.69, 9.17) is 6.42 Å². The fourth-order valence-electron chi connectivity index (χ4n) is 7.27. The quantitative estimate of drug-likeness (QED) is 0.470. The highest BCUT2D eigenvalue weighted by molar-refractivity contribution is 8.21. The van der Waals surface area contributed by atoms with Gasteiger partial charge in [-0.2, -0.15) is 0 Å². The molecule has 4 fully saturated rings. The second-order valence-corrected chi connectivity index (χ2v) is 12.5. The van der Waals surface area contributed by atoms with Gasteiger partial charge in [-0.15, -0.1) is 29.9 Å². The molecule has 3 saturated carbocycles. The molecule has 0 aromatic carbocycles. The molecule has 1 N–H and O–H groups in total. The number of hydrogen-bond acceptors (Lipinski definition) is 3. The highest BCUT2D eigenvalue weighted by Crippen LogP contribution is 2.66. The van der Waals surface area contributed by atoms with E-state index in [2.05, 4.69) is 42.4 Å². The van der Waals surface area contributed by atoms with E-state index in [9.17, 15) is 5.11 Å². The molecule has 1 saturated heterocycles. The summed E-state index contributed by atoms with van der Waals surface area (Å²) in [6.07, 6.45) is 18.3. The van der Waals surface area contributed by atoms with Gasteiger partial charge in [0.25, 0.3) is 0 Å². The highest BCUT2D eigenvalue weighted by atomic mass is 32.2. The lowest BCUT2D eigenvalue weighted by Gasteiger charge is -2.55. The van der Waals surface area contributed by atoms with Gasteiger partial charge in [-0.1, -0.05) is 24.5 Å². The van der Waals surface area contributed by atoms with E-state index in [1.807, 2.05) is 0 Å². The number of allylic oxidation sites excluding steroid dienone is 1. The Morgan fingerprint density at radius 2 is 1.88 bits per heavy atom. The predicted octanol–water partition coefficient (Wildman–Crippen LogP) is 5.10. The monoisotopic (exact) mass is 374 g/mol. The van der Waals surface area contributed by atoms with Crippen LogP contribution in [0.1, 0.15) is 58.3 Å². The Kier molecular flexibility index (Phi) is 3.91. The van der Waals surface area contributed by atoms with Crippen LogP contribution in [-0.4, -0.2) is 26.3 Å². The fraction of sp³-hybridized carbons (Fsp3) is 0.818. The number of fused-ring (bicyclic) bond motifs is 5. The molecule has 4 aliphatic carbocycles. The maximum Gasteiger partial charge on any atom is 0.130 e. The van der Waals surface area contributed by atoms with Crippen molar-refractivity contribution in [2.24, 2.45) is 29.1 Å². The van der Waals surface area contributed by atoms with Gasteiger partial charge in [-0.05, 0) is 75.0 Å². The van der Waals surface area contributed by atoms with Gasteiger partial charge in [0.1, 0.15) is 5.60 Å². The smallest absolute Gasteiger partial charge is 0.130 e. The van der Waals surface area contributed by atoms with E-state index >= 15 is 0 Å². The van der Waals surface area contributed by atoms with Crippen molar-refractivity contribution in [2.75, 3.05) is 11.5 Å². The molecule has 5 rings (SSSR count). The van der Waals surface area contributed by atoms with Crippen molar-refractivity contribution < 1.29 is 5.11 Å². The molecule has 136 valence electrons. The van der Waals surface area contributed by atoms with Crippen LogP contribution in [0.5, 0.6) is 0 Å². The van der Waals surface area contributed by atoms with Crippen molar-refractivity contribution in [1.29, 1.82) is 0 Å². The number of rotatable bonds is 0. The lowest BCUT2D eigenvalue weighted by molar-refractivity contribution is -0.0857. The molecule has 1 aliphatic heterocycles. The molecule has 0 aromatic rings. The third-order valence-electron chi connectivity index (χ3n) is 8.63. The van der Waals surface area contributed by atoms with Gasteiger partial charge >= 0.3 is 0 Å². The first kappa shape index (κ1) is 17.1. The predicted molar refractivity (Wildman–Crippen MR) is 109 cm³/mol. The number of hydrogen-bond donors (Lipinski definition) is 1. The van der Waals surface area contributed by atoms with E-state index in [1.165, 1.54) is 43.6 Å². The molecular weight excluding hydrogens is 344 g/mol. The molecule has 0 bridgehead atoms. The number of terminal acetylenes is 1. The zero-order valence-electron chi connectivity index (χ0n) is 15.3. The molecule has 6 atom stereocenters. The second-order valence-electron chi connectivity index (χ2n) is 9.35. The SMILES string of the molecule is C#C[C@]1(O)CC[C@H]2[C@@H]3CCC4=CC5(CC[C@@H]4[C@H]3CC[C@@]21C)SCCS5. The van der Waals surface area contributed by atoms with Crippen molar-refractivity contribution in [3.8, 4) is 12.3 Å². The van der Waals surface area contributed by atoms with Crippen molar-refractivity contribution >= 4 is 23.5 Å². The lowest BCUT2D eigenvalue weighted by Crippen LogP contribution is -2.52. The van der Waals surface area contributed by atoms with Crippen LogP contribution in [0.25, 0.3) is 0 Å². The Labute approximate surface area is 161 Å². The van der Waals surface area contributed by atoms with Crippen LogP contribution in [-0.2, 0) is 0 Å². The first-order valence-electron chi connectivity index (χ1n) is 10.2. The summed E-state index contributed by atoms with van der Waals surface area (Å²) in [6, 6.07) is 0. The first-order chi connectivity index (χ1) is 12.0. The van der Waals surface area contributed by atoms with Crippen molar-refractivity contribution in [3.63, 3.8) is 0 Å². The molecule has 25 heavy (non-hydrogen) atoms. The molecule has 0 radical (unpaired) electrons. The Morgan fingerprint density at radius 3 is 2.64 bits per heavy atom. The molecule has 1 heterocycles. The highest BCUT2D eigenvalue weighted by Gasteiger charge is 2.62. The van der Waals surface area contributed by atoms with Crippen LogP contribution in [0.2, 0.25) is 0 Å². The Balaban J connectivity index is 1.43. The van der Waals surface area contributed by atoms with E-state index in [0.717, 1.165) is 37.0 Å². The number of thioether (sulfide) groups is 2. The lowest BCUT2D eigenvalue weighted by atomic mass is 9.50. The van der Waals surface area contributed by atoms with Crippen molar-refractivity contribution in [2.45, 2.75) is 68.0 Å². The third-order valence-corrected chi connectivity index (χ3v) is 12.0. The molecular formula is C22H30OS2. The first-order valence-corrected chi connectivity index (χ1v) is 12.2. The van der Waals surface area contributed by atoms with Crippen LogP contribution in [0.15, 0.2) is 11.6 Å². The Hall–Kier alpha value is -0.0400. The minimum Gasteiger partial charge on any atom is -0.377 e. The Morgan fingerprint density at radius 1 is 1.08 bits per heavy atom. The zero-order valence-corrected chi connectivity index (χ0v) is 16.9. The van der Waals surface area contributed by atoms with Crippen LogP contribution >= 0.6 is 23.5 Å². The van der Waals surface area contributed by atoms with E-state index in [0.29, 0.717) is 10.00 Å². The van der Waals surface area contributed by atoms with Gasteiger partial charge in [0.2, 0.25) is 0 Å². The van der Waals surface area contributed by atoms with E-state index in [1.54, 1.807) is 5.57 Å². The van der Waals surface area contributed by atoms with Crippen LogP contribution in [0.3, 0.4) is 0 Å².